The first-order valence-electron chi connectivity index (χ1n) is 9.93. The van der Waals surface area contributed by atoms with E-state index < -0.39 is 7.26 Å². The second-order valence-corrected chi connectivity index (χ2v) is 10.6. The van der Waals surface area contributed by atoms with Crippen molar-refractivity contribution in [1.29, 1.82) is 0 Å². The van der Waals surface area contributed by atoms with Crippen molar-refractivity contribution in [3.05, 3.63) is 121 Å². The van der Waals surface area contributed by atoms with Crippen LogP contribution >= 0.6 is 7.26 Å². The van der Waals surface area contributed by atoms with Crippen LogP contribution in [0.3, 0.4) is 0 Å². The lowest BCUT2D eigenvalue weighted by Gasteiger charge is -2.27. The maximum Gasteiger partial charge on any atom is 0.117 e. The van der Waals surface area contributed by atoms with Crippen LogP contribution in [0.2, 0.25) is 0 Å². The summed E-state index contributed by atoms with van der Waals surface area (Å²) in [6.07, 6.45) is 0.917. The smallest absolute Gasteiger partial charge is 0.117 e. The molecule has 4 aromatic rings. The molecule has 0 spiro atoms. The summed E-state index contributed by atoms with van der Waals surface area (Å²) in [5.74, 6) is 0. The van der Waals surface area contributed by atoms with Gasteiger partial charge in [-0.15, -0.1) is 0 Å². The SMILES string of the molecule is CC(C[P+](c1ccccc1)(c1ccccc1)c1ccccc1)=Nc1ccccc1. The average Bonchev–Trinajstić information content (AvgIpc) is 2.80. The molecular formula is C27H25NP+. The Kier molecular flexibility index (Phi) is 5.98. The Labute approximate surface area is 174 Å². The van der Waals surface area contributed by atoms with Crippen molar-refractivity contribution in [2.45, 2.75) is 6.92 Å². The molecule has 142 valence electrons. The van der Waals surface area contributed by atoms with Gasteiger partial charge in [-0.3, -0.25) is 4.99 Å². The zero-order valence-corrected chi connectivity index (χ0v) is 17.5. The Morgan fingerprint density at radius 1 is 0.552 bits per heavy atom. The molecule has 4 aromatic carbocycles. The fourth-order valence-corrected chi connectivity index (χ4v) is 8.11. The van der Waals surface area contributed by atoms with E-state index in [1.807, 2.05) is 18.2 Å². The maximum absolute atomic E-state index is 4.96. The minimum atomic E-state index is -1.88. The van der Waals surface area contributed by atoms with Crippen LogP contribution in [0.25, 0.3) is 0 Å². The van der Waals surface area contributed by atoms with Gasteiger partial charge in [-0.25, -0.2) is 0 Å². The summed E-state index contributed by atoms with van der Waals surface area (Å²) in [7, 11) is -1.88. The molecule has 0 radical (unpaired) electrons. The minimum absolute atomic E-state index is 0.917. The molecule has 0 atom stereocenters. The lowest BCUT2D eigenvalue weighted by molar-refractivity contribution is 1.47. The van der Waals surface area contributed by atoms with E-state index in [4.69, 9.17) is 4.99 Å². The van der Waals surface area contributed by atoms with Gasteiger partial charge >= 0.3 is 0 Å². The van der Waals surface area contributed by atoms with Gasteiger partial charge in [-0.05, 0) is 55.5 Å². The summed E-state index contributed by atoms with van der Waals surface area (Å²) in [5, 5.41) is 4.17. The lowest BCUT2D eigenvalue weighted by Crippen LogP contribution is -2.35. The van der Waals surface area contributed by atoms with Crippen molar-refractivity contribution in [1.82, 2.24) is 0 Å². The third kappa shape index (κ3) is 4.21. The Bertz CT molecular complexity index is 962. The second kappa shape index (κ2) is 8.99. The molecule has 0 N–H and O–H groups in total. The molecule has 0 fully saturated rings. The standard InChI is InChI=1S/C27H25NP/c1-23(28-24-14-6-2-7-15-24)22-29(25-16-8-3-9-17-25,26-18-10-4-11-19-26)27-20-12-5-13-21-27/h2-21H,22H2,1H3/q+1. The number of para-hydroxylation sites is 1. The van der Waals surface area contributed by atoms with Crippen molar-refractivity contribution in [3.63, 3.8) is 0 Å². The van der Waals surface area contributed by atoms with Gasteiger partial charge in [-0.2, -0.15) is 0 Å². The van der Waals surface area contributed by atoms with Gasteiger partial charge in [0.2, 0.25) is 0 Å². The van der Waals surface area contributed by atoms with Crippen LogP contribution in [-0.4, -0.2) is 11.9 Å². The van der Waals surface area contributed by atoms with E-state index in [2.05, 4.69) is 110 Å². The summed E-state index contributed by atoms with van der Waals surface area (Å²) in [4.78, 5) is 4.96. The van der Waals surface area contributed by atoms with E-state index in [1.165, 1.54) is 15.9 Å². The summed E-state index contributed by atoms with van der Waals surface area (Å²) >= 11 is 0. The molecular weight excluding hydrogens is 369 g/mol. The van der Waals surface area contributed by atoms with Crippen LogP contribution in [0.1, 0.15) is 6.92 Å². The molecule has 0 heterocycles. The molecule has 0 unspecified atom stereocenters. The molecule has 0 aliphatic carbocycles. The fourth-order valence-electron chi connectivity index (χ4n) is 3.87. The van der Waals surface area contributed by atoms with Gasteiger partial charge in [0.05, 0.1) is 11.4 Å². The van der Waals surface area contributed by atoms with Crippen molar-refractivity contribution >= 4 is 34.6 Å². The van der Waals surface area contributed by atoms with Crippen LogP contribution in [-0.2, 0) is 0 Å². The molecule has 0 saturated heterocycles. The Balaban J connectivity index is 1.92. The highest BCUT2D eigenvalue weighted by atomic mass is 31.2. The number of rotatable bonds is 6. The van der Waals surface area contributed by atoms with Gasteiger partial charge < -0.3 is 0 Å². The zero-order chi connectivity index (χ0) is 19.9. The maximum atomic E-state index is 4.96. The molecule has 1 nitrogen and oxygen atoms in total. The van der Waals surface area contributed by atoms with Gasteiger partial charge in [-0.1, -0.05) is 72.8 Å². The van der Waals surface area contributed by atoms with Crippen LogP contribution in [0, 0.1) is 0 Å². The normalized spacial score (nSPS) is 12.0. The predicted octanol–water partition coefficient (Wildman–Crippen LogP) is 5.77. The Morgan fingerprint density at radius 3 is 1.28 bits per heavy atom. The van der Waals surface area contributed by atoms with Gasteiger partial charge in [0.1, 0.15) is 29.3 Å². The van der Waals surface area contributed by atoms with Crippen LogP contribution in [0.4, 0.5) is 5.69 Å². The zero-order valence-electron chi connectivity index (χ0n) is 16.6. The molecule has 0 bridgehead atoms. The molecule has 0 aliphatic heterocycles. The Morgan fingerprint density at radius 2 is 0.897 bits per heavy atom. The predicted molar refractivity (Wildman–Crippen MR) is 129 cm³/mol. The quantitative estimate of drug-likeness (QED) is 0.291. The van der Waals surface area contributed by atoms with Crippen molar-refractivity contribution < 1.29 is 0 Å². The number of hydrogen-bond acceptors (Lipinski definition) is 1. The second-order valence-electron chi connectivity index (χ2n) is 7.16. The molecule has 0 aliphatic rings. The number of hydrogen-bond donors (Lipinski definition) is 0. The summed E-state index contributed by atoms with van der Waals surface area (Å²) in [5.41, 5.74) is 2.17. The van der Waals surface area contributed by atoms with Gasteiger partial charge in [0.25, 0.3) is 0 Å². The Hall–Kier alpha value is -3.02. The summed E-state index contributed by atoms with van der Waals surface area (Å²) in [6.45, 7) is 2.16. The van der Waals surface area contributed by atoms with Crippen LogP contribution < -0.4 is 15.9 Å². The first kappa shape index (κ1) is 19.3. The van der Waals surface area contributed by atoms with Crippen molar-refractivity contribution in [2.75, 3.05) is 6.16 Å². The summed E-state index contributed by atoms with van der Waals surface area (Å²) in [6, 6.07) is 43.1. The number of benzene rings is 4. The average molecular weight is 394 g/mol. The third-order valence-electron chi connectivity index (χ3n) is 5.13. The highest BCUT2D eigenvalue weighted by Crippen LogP contribution is 2.55. The van der Waals surface area contributed by atoms with E-state index in [0.717, 1.165) is 17.6 Å². The molecule has 0 saturated carbocycles. The lowest BCUT2D eigenvalue weighted by atomic mass is 10.3. The molecule has 2 heteroatoms. The highest BCUT2D eigenvalue weighted by molar-refractivity contribution is 7.96. The minimum Gasteiger partial charge on any atom is -0.254 e. The molecule has 0 amide bonds. The van der Waals surface area contributed by atoms with Crippen molar-refractivity contribution in [3.8, 4) is 0 Å². The van der Waals surface area contributed by atoms with E-state index in [9.17, 15) is 0 Å². The largest absolute Gasteiger partial charge is 0.254 e. The fraction of sp³-hybridized carbons (Fsp3) is 0.0741. The van der Waals surface area contributed by atoms with Crippen LogP contribution in [0.5, 0.6) is 0 Å². The van der Waals surface area contributed by atoms with E-state index in [1.54, 1.807) is 0 Å². The number of aliphatic imine (C=N–C) groups is 1. The molecule has 29 heavy (non-hydrogen) atoms. The number of nitrogens with zero attached hydrogens (tertiary/aromatic N) is 1. The highest BCUT2D eigenvalue weighted by Gasteiger charge is 2.45. The topological polar surface area (TPSA) is 12.4 Å². The third-order valence-corrected chi connectivity index (χ3v) is 9.60. The van der Waals surface area contributed by atoms with Gasteiger partial charge in [0, 0.05) is 0 Å². The molecule has 0 aromatic heterocycles. The first-order chi connectivity index (χ1) is 14.3. The van der Waals surface area contributed by atoms with Gasteiger partial charge in [0.15, 0.2) is 0 Å². The van der Waals surface area contributed by atoms with E-state index >= 15 is 0 Å². The van der Waals surface area contributed by atoms with Crippen molar-refractivity contribution in [2.24, 2.45) is 4.99 Å². The van der Waals surface area contributed by atoms with E-state index in [-0.39, 0.29) is 0 Å². The first-order valence-corrected chi connectivity index (χ1v) is 11.9. The monoisotopic (exact) mass is 394 g/mol. The summed E-state index contributed by atoms with van der Waals surface area (Å²) < 4.78 is 0. The van der Waals surface area contributed by atoms with E-state index in [0.29, 0.717) is 0 Å². The molecule has 4 rings (SSSR count). The van der Waals surface area contributed by atoms with Crippen LogP contribution in [0.15, 0.2) is 126 Å².